The number of fused-ring (bicyclic) bond motifs is 2. The van der Waals surface area contributed by atoms with Crippen LogP contribution >= 0.6 is 0 Å². The molecule has 0 saturated carbocycles. The molecule has 1 saturated heterocycles. The number of carboxylic acids is 1. The Labute approximate surface area is 280 Å². The molecule has 49 heavy (non-hydrogen) atoms. The van der Waals surface area contributed by atoms with E-state index in [1.807, 2.05) is 12.3 Å². The average Bonchev–Trinajstić information content (AvgIpc) is 3.64. The number of phenolic OH excluding ortho intramolecular Hbond substituents is 1. The molecule has 7 unspecified atom stereocenters. The number of aliphatic hydroxyl groups excluding tert-OH is 2. The van der Waals surface area contributed by atoms with Crippen LogP contribution in [0.3, 0.4) is 0 Å². The van der Waals surface area contributed by atoms with Crippen molar-refractivity contribution in [3.05, 3.63) is 83.0 Å². The number of rotatable bonds is 12. The van der Waals surface area contributed by atoms with Crippen LogP contribution in [-0.4, -0.2) is 81.4 Å². The lowest BCUT2D eigenvalue weighted by Crippen LogP contribution is -3.11. The highest BCUT2D eigenvalue weighted by atomic mass is 16.8. The Kier molecular flexibility index (Phi) is 9.94. The maximum absolute atomic E-state index is 13.3. The fraction of sp³-hybridized carbons (Fsp3) is 0.371. The number of nitrogens with one attached hydrogen (secondary N) is 1. The van der Waals surface area contributed by atoms with E-state index in [0.717, 1.165) is 24.1 Å². The van der Waals surface area contributed by atoms with Gasteiger partial charge in [0.2, 0.25) is 12.4 Å². The Morgan fingerprint density at radius 1 is 1.08 bits per heavy atom. The summed E-state index contributed by atoms with van der Waals surface area (Å²) < 4.78 is 23.0. The first-order chi connectivity index (χ1) is 23.5. The van der Waals surface area contributed by atoms with Gasteiger partial charge >= 0.3 is 11.9 Å². The second kappa shape index (κ2) is 14.3. The highest BCUT2D eigenvalue weighted by Crippen LogP contribution is 2.30. The number of carbonyl (C=O) groups excluding carboxylic acids is 1. The first-order valence-corrected chi connectivity index (χ1v) is 15.9. The summed E-state index contributed by atoms with van der Waals surface area (Å²) >= 11 is 0. The van der Waals surface area contributed by atoms with Crippen molar-refractivity contribution < 1.29 is 58.5 Å². The number of allylic oxidation sites excluding steroid dienone is 1. The number of phenols is 1. The molecule has 1 aromatic heterocycles. The minimum Gasteiger partial charge on any atom is -0.508 e. The molecule has 0 amide bonds. The number of nitrogens with zero attached hydrogens (tertiary/aromatic N) is 1. The van der Waals surface area contributed by atoms with Gasteiger partial charge in [-0.25, -0.2) is 0 Å². The van der Waals surface area contributed by atoms with Crippen molar-refractivity contribution in [1.82, 2.24) is 0 Å². The van der Waals surface area contributed by atoms with E-state index in [1.54, 1.807) is 18.3 Å². The average molecular weight is 678 g/mol. The first-order valence-electron chi connectivity index (χ1n) is 15.9. The number of aromatic hydroxyl groups is 1. The van der Waals surface area contributed by atoms with Crippen LogP contribution in [0.4, 0.5) is 0 Å². The van der Waals surface area contributed by atoms with E-state index < -0.39 is 55.7 Å². The van der Waals surface area contributed by atoms with Crippen LogP contribution < -0.4 is 15.2 Å². The molecule has 3 aliphatic rings. The molecule has 0 aliphatic carbocycles. The minimum atomic E-state index is -1.60. The van der Waals surface area contributed by atoms with Crippen LogP contribution in [-0.2, 0) is 23.9 Å². The van der Waals surface area contributed by atoms with Crippen molar-refractivity contribution in [1.29, 1.82) is 0 Å². The van der Waals surface area contributed by atoms with Gasteiger partial charge in [-0.3, -0.25) is 19.4 Å². The van der Waals surface area contributed by atoms with Crippen LogP contribution in [0.2, 0.25) is 0 Å². The maximum Gasteiger partial charge on any atom is 0.317 e. The SMILES string of the molecule is CC(C)CCC1C2=NC=CC2=C[NH+]1OC1C(Oc2ccc3c(=O)c(-c4ccc(O)cc4)coc3c2)OC(COC(=O)CC(=O)O)C(O)C1O. The molecular weight excluding hydrogens is 640 g/mol. The molecule has 3 aromatic rings. The summed E-state index contributed by atoms with van der Waals surface area (Å²) in [6.07, 6.45) is 0.274. The molecule has 5 N–H and O–H groups in total. The number of carbonyl (C=O) groups is 2. The predicted octanol–water partition coefficient (Wildman–Crippen LogP) is 1.86. The van der Waals surface area contributed by atoms with Gasteiger partial charge in [0, 0.05) is 18.7 Å². The van der Waals surface area contributed by atoms with Gasteiger partial charge in [-0.2, -0.15) is 9.90 Å². The summed E-state index contributed by atoms with van der Waals surface area (Å²) in [6.45, 7) is 3.66. The predicted molar refractivity (Wildman–Crippen MR) is 172 cm³/mol. The number of ether oxygens (including phenoxy) is 3. The summed E-state index contributed by atoms with van der Waals surface area (Å²) in [6, 6.07) is 10.4. The highest BCUT2D eigenvalue weighted by molar-refractivity contribution is 6.08. The molecule has 6 rings (SSSR count). The number of hydroxylamine groups is 2. The van der Waals surface area contributed by atoms with Crippen LogP contribution in [0.25, 0.3) is 22.1 Å². The summed E-state index contributed by atoms with van der Waals surface area (Å²) in [4.78, 5) is 47.1. The Balaban J connectivity index is 1.27. The van der Waals surface area contributed by atoms with Crippen molar-refractivity contribution in [2.24, 2.45) is 10.9 Å². The van der Waals surface area contributed by atoms with E-state index in [1.165, 1.54) is 36.6 Å². The molecular formula is C35H37N2O12+. The summed E-state index contributed by atoms with van der Waals surface area (Å²) in [7, 11) is 0. The van der Waals surface area contributed by atoms with Gasteiger partial charge in [-0.1, -0.05) is 26.0 Å². The largest absolute Gasteiger partial charge is 0.508 e. The standard InChI is InChI=1S/C35H36N2O12/c1-18(2)3-10-25-30-20(11-12-36-30)15-37(25)49-34-33(44)32(43)27(17-46-29(41)14-28(39)40)48-35(34)47-22-8-9-23-26(13-22)45-16-24(31(23)42)19-4-6-21(38)7-5-19/h4-9,11-13,15-16,18,25,27,32-35,38,43-44H,3,10,14,17H2,1-2H3,(H,39,40)/p+1. The minimum absolute atomic E-state index is 0.0590. The van der Waals surface area contributed by atoms with Crippen molar-refractivity contribution in [2.45, 2.75) is 69.9 Å². The molecule has 0 spiro atoms. The quantitative estimate of drug-likeness (QED) is 0.138. The third-order valence-corrected chi connectivity index (χ3v) is 8.56. The molecule has 7 atom stereocenters. The molecule has 14 nitrogen and oxygen atoms in total. The van der Waals surface area contributed by atoms with Crippen LogP contribution in [0, 0.1) is 5.92 Å². The zero-order valence-electron chi connectivity index (χ0n) is 26.7. The Bertz CT molecular complexity index is 1860. The molecule has 0 bridgehead atoms. The Hall–Kier alpha value is -4.86. The van der Waals surface area contributed by atoms with Crippen LogP contribution in [0.5, 0.6) is 11.5 Å². The first kappa shape index (κ1) is 34.0. The van der Waals surface area contributed by atoms with Crippen LogP contribution in [0.1, 0.15) is 33.1 Å². The van der Waals surface area contributed by atoms with Gasteiger partial charge in [0.15, 0.2) is 11.5 Å². The number of esters is 1. The third-order valence-electron chi connectivity index (χ3n) is 8.56. The number of benzene rings is 2. The van der Waals surface area contributed by atoms with Crippen molar-refractivity contribution in [3.63, 3.8) is 0 Å². The van der Waals surface area contributed by atoms with Crippen molar-refractivity contribution in [3.8, 4) is 22.6 Å². The summed E-state index contributed by atoms with van der Waals surface area (Å²) in [5, 5.41) is 41.7. The lowest BCUT2D eigenvalue weighted by atomic mass is 9.98. The lowest BCUT2D eigenvalue weighted by Gasteiger charge is -2.41. The van der Waals surface area contributed by atoms with E-state index in [4.69, 9.17) is 28.6 Å². The third kappa shape index (κ3) is 7.43. The zero-order valence-corrected chi connectivity index (χ0v) is 26.7. The van der Waals surface area contributed by atoms with E-state index in [-0.39, 0.29) is 33.9 Å². The molecule has 14 heteroatoms. The number of aliphatic hydroxyl groups is 2. The monoisotopic (exact) mass is 677 g/mol. The summed E-state index contributed by atoms with van der Waals surface area (Å²) in [5.74, 6) is -1.79. The number of aliphatic carboxylic acids is 1. The zero-order chi connectivity index (χ0) is 34.8. The Morgan fingerprint density at radius 3 is 2.59 bits per heavy atom. The lowest BCUT2D eigenvalue weighted by molar-refractivity contribution is -1.07. The van der Waals surface area contributed by atoms with Crippen molar-refractivity contribution >= 4 is 28.6 Å². The highest BCUT2D eigenvalue weighted by Gasteiger charge is 2.51. The number of quaternary nitrogens is 1. The number of hydrogen-bond acceptors (Lipinski definition) is 12. The number of carboxylic acid groups (broad SMARTS) is 1. The molecule has 1 fully saturated rings. The van der Waals surface area contributed by atoms with Crippen LogP contribution in [0.15, 0.2) is 87.0 Å². The van der Waals surface area contributed by atoms with E-state index >= 15 is 0 Å². The normalized spacial score (nSPS) is 26.0. The topological polar surface area (TPSA) is 199 Å². The second-order valence-electron chi connectivity index (χ2n) is 12.5. The van der Waals surface area contributed by atoms with E-state index in [2.05, 4.69) is 18.8 Å². The number of hydrogen-bond donors (Lipinski definition) is 5. The fourth-order valence-electron chi connectivity index (χ4n) is 5.98. The molecule has 3 aliphatic heterocycles. The van der Waals surface area contributed by atoms with Gasteiger partial charge in [-0.15, -0.1) is 0 Å². The van der Waals surface area contributed by atoms with Gasteiger partial charge < -0.3 is 39.1 Å². The van der Waals surface area contributed by atoms with Gasteiger partial charge in [0.25, 0.3) is 0 Å². The molecule has 2 aromatic carbocycles. The van der Waals surface area contributed by atoms with Gasteiger partial charge in [-0.05, 0) is 48.2 Å². The van der Waals surface area contributed by atoms with Gasteiger partial charge in [0.1, 0.15) is 66.6 Å². The molecule has 4 heterocycles. The maximum atomic E-state index is 13.3. The van der Waals surface area contributed by atoms with E-state index in [9.17, 15) is 29.7 Å². The second-order valence-corrected chi connectivity index (χ2v) is 12.5. The number of aliphatic imine (C=N–C) groups is 1. The van der Waals surface area contributed by atoms with E-state index in [0.29, 0.717) is 22.1 Å². The fourth-order valence-corrected chi connectivity index (χ4v) is 5.98. The van der Waals surface area contributed by atoms with Gasteiger partial charge in [0.05, 0.1) is 16.5 Å². The molecule has 258 valence electrons. The van der Waals surface area contributed by atoms with Crippen molar-refractivity contribution in [2.75, 3.05) is 6.61 Å². The molecule has 0 radical (unpaired) electrons. The smallest absolute Gasteiger partial charge is 0.317 e. The Morgan fingerprint density at radius 2 is 1.86 bits per heavy atom. The summed E-state index contributed by atoms with van der Waals surface area (Å²) in [5.41, 5.74) is 2.47.